The van der Waals surface area contributed by atoms with Gasteiger partial charge in [-0.05, 0) is 48.9 Å². The van der Waals surface area contributed by atoms with E-state index in [9.17, 15) is 8.42 Å². The molecule has 0 heterocycles. The largest absolute Gasteiger partial charge is 0.224 e. The van der Waals surface area contributed by atoms with Crippen LogP contribution in [0, 0.1) is 11.8 Å². The van der Waals surface area contributed by atoms with Gasteiger partial charge in [0.1, 0.15) is 0 Å². The summed E-state index contributed by atoms with van der Waals surface area (Å²) in [5.41, 5.74) is 0. The summed E-state index contributed by atoms with van der Waals surface area (Å²) < 4.78 is 25.2. The lowest BCUT2D eigenvalue weighted by atomic mass is 10.0. The first kappa shape index (κ1) is 16.6. The lowest BCUT2D eigenvalue weighted by Crippen LogP contribution is -2.21. The molecule has 2 atom stereocenters. The molecule has 0 N–H and O–H groups in total. The van der Waals surface area contributed by atoms with Crippen LogP contribution in [0.25, 0.3) is 0 Å². The molecule has 23 heavy (non-hydrogen) atoms. The molecule has 1 saturated carbocycles. The fraction of sp³-hybridized carbons (Fsp3) is 0.368. The molecule has 0 saturated heterocycles. The Morgan fingerprint density at radius 1 is 0.870 bits per heavy atom. The molecule has 2 nitrogen and oxygen atoms in total. The van der Waals surface area contributed by atoms with Gasteiger partial charge in [-0.25, -0.2) is 8.42 Å². The highest BCUT2D eigenvalue weighted by molar-refractivity contribution is 7.99. The average molecular weight is 347 g/mol. The molecular weight excluding hydrogens is 324 g/mol. The van der Waals surface area contributed by atoms with Gasteiger partial charge in [0.2, 0.25) is 0 Å². The number of benzene rings is 2. The van der Waals surface area contributed by atoms with Crippen LogP contribution >= 0.6 is 11.8 Å². The molecule has 0 aliphatic heterocycles. The van der Waals surface area contributed by atoms with Crippen molar-refractivity contribution in [3.05, 3.63) is 60.7 Å². The summed E-state index contributed by atoms with van der Waals surface area (Å²) in [6.45, 7) is 0. The molecule has 1 fully saturated rings. The van der Waals surface area contributed by atoms with Crippen molar-refractivity contribution in [2.45, 2.75) is 29.1 Å². The lowest BCUT2D eigenvalue weighted by Gasteiger charge is -2.19. The molecule has 2 aromatic rings. The summed E-state index contributed by atoms with van der Waals surface area (Å²) in [4.78, 5) is 1.73. The van der Waals surface area contributed by atoms with Crippen molar-refractivity contribution in [1.29, 1.82) is 0 Å². The minimum absolute atomic E-state index is 0.288. The highest BCUT2D eigenvalue weighted by Crippen LogP contribution is 2.37. The minimum atomic E-state index is -3.17. The van der Waals surface area contributed by atoms with Crippen molar-refractivity contribution in [2.24, 2.45) is 11.8 Å². The number of rotatable bonds is 6. The van der Waals surface area contributed by atoms with Crippen LogP contribution in [0.15, 0.2) is 70.5 Å². The number of hydrogen-bond donors (Lipinski definition) is 0. The zero-order valence-corrected chi connectivity index (χ0v) is 14.7. The van der Waals surface area contributed by atoms with E-state index in [0.29, 0.717) is 10.8 Å². The molecule has 4 heteroatoms. The van der Waals surface area contributed by atoms with E-state index < -0.39 is 9.84 Å². The van der Waals surface area contributed by atoms with Crippen LogP contribution in [-0.2, 0) is 9.84 Å². The van der Waals surface area contributed by atoms with Gasteiger partial charge >= 0.3 is 0 Å². The fourth-order valence-electron chi connectivity index (χ4n) is 3.28. The Labute approximate surface area is 143 Å². The van der Waals surface area contributed by atoms with E-state index in [4.69, 9.17) is 0 Å². The van der Waals surface area contributed by atoms with Crippen LogP contribution in [0.5, 0.6) is 0 Å². The Hall–Kier alpha value is -1.26. The van der Waals surface area contributed by atoms with Crippen molar-refractivity contribution >= 4 is 21.6 Å². The first-order valence-electron chi connectivity index (χ1n) is 8.11. The van der Waals surface area contributed by atoms with E-state index in [1.165, 1.54) is 4.90 Å². The molecule has 2 aromatic carbocycles. The summed E-state index contributed by atoms with van der Waals surface area (Å²) in [5, 5.41) is 0. The molecule has 3 rings (SSSR count). The van der Waals surface area contributed by atoms with E-state index in [1.54, 1.807) is 24.3 Å². The summed E-state index contributed by atoms with van der Waals surface area (Å²) in [5.74, 6) is 2.09. The summed E-state index contributed by atoms with van der Waals surface area (Å²) >= 11 is 1.85. The number of thioether (sulfide) groups is 1. The lowest BCUT2D eigenvalue weighted by molar-refractivity contribution is 0.459. The monoisotopic (exact) mass is 346 g/mol. The third kappa shape index (κ3) is 4.39. The topological polar surface area (TPSA) is 34.1 Å². The SMILES string of the molecule is O=S(=O)(C[C@H]1CCC[C@H]1CSc1ccccc1)c1ccccc1. The highest BCUT2D eigenvalue weighted by atomic mass is 32.2. The Morgan fingerprint density at radius 3 is 2.17 bits per heavy atom. The van der Waals surface area contributed by atoms with Crippen molar-refractivity contribution in [2.75, 3.05) is 11.5 Å². The summed E-state index contributed by atoms with van der Waals surface area (Å²) in [6.07, 6.45) is 3.33. The standard InChI is InChI=1S/C19H22O2S2/c20-23(21,19-12-5-2-6-13-19)15-17-9-7-8-16(17)14-22-18-10-3-1-4-11-18/h1-6,10-13,16-17H,7-9,14-15H2/t16-,17+/m0/s1. The maximum absolute atomic E-state index is 12.6. The Kier molecular flexibility index (Phi) is 5.44. The van der Waals surface area contributed by atoms with Gasteiger partial charge in [-0.1, -0.05) is 42.8 Å². The van der Waals surface area contributed by atoms with Gasteiger partial charge < -0.3 is 0 Å². The molecule has 0 aromatic heterocycles. The summed E-state index contributed by atoms with van der Waals surface area (Å²) in [7, 11) is -3.17. The Morgan fingerprint density at radius 2 is 1.48 bits per heavy atom. The molecule has 0 spiro atoms. The minimum Gasteiger partial charge on any atom is -0.224 e. The second kappa shape index (κ2) is 7.54. The second-order valence-electron chi connectivity index (χ2n) is 6.17. The van der Waals surface area contributed by atoms with Crippen LogP contribution in [-0.4, -0.2) is 19.9 Å². The van der Waals surface area contributed by atoms with Crippen LogP contribution in [0.2, 0.25) is 0 Å². The zero-order chi connectivity index (χ0) is 16.1. The molecule has 0 amide bonds. The predicted octanol–water partition coefficient (Wildman–Crippen LogP) is 4.67. The molecule has 1 aliphatic carbocycles. The van der Waals surface area contributed by atoms with Gasteiger partial charge in [-0.15, -0.1) is 11.8 Å². The van der Waals surface area contributed by atoms with E-state index >= 15 is 0 Å². The molecule has 1 aliphatic rings. The van der Waals surface area contributed by atoms with E-state index in [0.717, 1.165) is 25.0 Å². The zero-order valence-electron chi connectivity index (χ0n) is 13.1. The number of hydrogen-bond acceptors (Lipinski definition) is 3. The third-order valence-corrected chi connectivity index (χ3v) is 7.62. The van der Waals surface area contributed by atoms with Crippen LogP contribution in [0.4, 0.5) is 0 Å². The van der Waals surface area contributed by atoms with E-state index in [2.05, 4.69) is 12.1 Å². The van der Waals surface area contributed by atoms with E-state index in [1.807, 2.05) is 36.0 Å². The second-order valence-corrected chi connectivity index (χ2v) is 9.30. The van der Waals surface area contributed by atoms with Gasteiger partial charge in [0, 0.05) is 10.6 Å². The molecule has 0 unspecified atom stereocenters. The average Bonchev–Trinajstić information content (AvgIpc) is 3.01. The van der Waals surface area contributed by atoms with Crippen molar-refractivity contribution in [3.8, 4) is 0 Å². The predicted molar refractivity (Wildman–Crippen MR) is 96.5 cm³/mol. The third-order valence-electron chi connectivity index (χ3n) is 4.56. The van der Waals surface area contributed by atoms with Gasteiger partial charge in [0.05, 0.1) is 10.6 Å². The van der Waals surface area contributed by atoms with Crippen LogP contribution in [0.1, 0.15) is 19.3 Å². The highest BCUT2D eigenvalue weighted by Gasteiger charge is 2.31. The van der Waals surface area contributed by atoms with Crippen LogP contribution < -0.4 is 0 Å². The van der Waals surface area contributed by atoms with Gasteiger partial charge in [-0.2, -0.15) is 0 Å². The number of sulfone groups is 1. The first-order valence-corrected chi connectivity index (χ1v) is 10.7. The Bertz CT molecular complexity index is 712. The maximum atomic E-state index is 12.6. The van der Waals surface area contributed by atoms with Gasteiger partial charge in [-0.3, -0.25) is 0 Å². The van der Waals surface area contributed by atoms with Crippen molar-refractivity contribution < 1.29 is 8.42 Å². The van der Waals surface area contributed by atoms with Crippen molar-refractivity contribution in [1.82, 2.24) is 0 Å². The van der Waals surface area contributed by atoms with Gasteiger partial charge in [0.25, 0.3) is 0 Å². The van der Waals surface area contributed by atoms with E-state index in [-0.39, 0.29) is 11.7 Å². The smallest absolute Gasteiger partial charge is 0.178 e. The Balaban J connectivity index is 1.63. The molecule has 122 valence electrons. The fourth-order valence-corrected chi connectivity index (χ4v) is 6.24. The molecular formula is C19H22O2S2. The van der Waals surface area contributed by atoms with Crippen LogP contribution in [0.3, 0.4) is 0 Å². The van der Waals surface area contributed by atoms with Gasteiger partial charge in [0.15, 0.2) is 9.84 Å². The molecule has 0 bridgehead atoms. The maximum Gasteiger partial charge on any atom is 0.178 e. The first-order chi connectivity index (χ1) is 11.1. The summed E-state index contributed by atoms with van der Waals surface area (Å²) in [6, 6.07) is 19.2. The molecule has 0 radical (unpaired) electrons. The normalized spacial score (nSPS) is 21.4. The van der Waals surface area contributed by atoms with Crippen molar-refractivity contribution in [3.63, 3.8) is 0 Å². The quantitative estimate of drug-likeness (QED) is 0.713.